The summed E-state index contributed by atoms with van der Waals surface area (Å²) in [5, 5.41) is 6.59. The van der Waals surface area contributed by atoms with Crippen LogP contribution in [-0.2, 0) is 6.42 Å². The van der Waals surface area contributed by atoms with Crippen LogP contribution in [0.2, 0.25) is 0 Å². The van der Waals surface area contributed by atoms with E-state index in [0.29, 0.717) is 13.2 Å². The highest BCUT2D eigenvalue weighted by atomic mass is 32.1. The fourth-order valence-corrected chi connectivity index (χ4v) is 3.15. The number of thiazole rings is 1. The van der Waals surface area contributed by atoms with Crippen LogP contribution in [0.4, 0.5) is 0 Å². The number of likely N-dealkylation sites (N-methyl/N-ethyl adjacent to an activating group) is 1. The summed E-state index contributed by atoms with van der Waals surface area (Å²) >= 11 is 1.71. The molecular formula is C15H18N2O2S. The van der Waals surface area contributed by atoms with Crippen molar-refractivity contribution in [2.24, 2.45) is 0 Å². The first-order chi connectivity index (χ1) is 9.76. The molecule has 0 bridgehead atoms. The molecule has 1 unspecified atom stereocenters. The Morgan fingerprint density at radius 2 is 2.10 bits per heavy atom. The third kappa shape index (κ3) is 2.78. The third-order valence-electron chi connectivity index (χ3n) is 3.36. The van der Waals surface area contributed by atoms with E-state index >= 15 is 0 Å². The maximum Gasteiger partial charge on any atom is 0.161 e. The van der Waals surface area contributed by atoms with Gasteiger partial charge in [0.1, 0.15) is 13.2 Å². The zero-order valence-electron chi connectivity index (χ0n) is 11.7. The van der Waals surface area contributed by atoms with Gasteiger partial charge >= 0.3 is 0 Å². The summed E-state index contributed by atoms with van der Waals surface area (Å²) in [7, 11) is 1.97. The summed E-state index contributed by atoms with van der Waals surface area (Å²) in [5.74, 6) is 1.67. The molecule has 1 aromatic heterocycles. The van der Waals surface area contributed by atoms with Gasteiger partial charge in [-0.05, 0) is 31.7 Å². The summed E-state index contributed by atoms with van der Waals surface area (Å²) in [6, 6.07) is 6.38. The molecule has 20 heavy (non-hydrogen) atoms. The molecule has 1 aromatic carbocycles. The molecule has 1 aliphatic heterocycles. The predicted molar refractivity (Wildman–Crippen MR) is 79.8 cm³/mol. The molecular weight excluding hydrogens is 272 g/mol. The smallest absolute Gasteiger partial charge is 0.161 e. The molecule has 1 atom stereocenters. The summed E-state index contributed by atoms with van der Waals surface area (Å²) < 4.78 is 11.2. The summed E-state index contributed by atoms with van der Waals surface area (Å²) in [6.45, 7) is 3.27. The van der Waals surface area contributed by atoms with Crippen LogP contribution in [0, 0.1) is 6.92 Å². The lowest BCUT2D eigenvalue weighted by atomic mass is 10.0. The Balaban J connectivity index is 1.81. The molecule has 3 rings (SSSR count). The Bertz CT molecular complexity index is 597. The summed E-state index contributed by atoms with van der Waals surface area (Å²) in [4.78, 5) is 4.53. The van der Waals surface area contributed by atoms with Gasteiger partial charge in [0.25, 0.3) is 0 Å². The molecule has 0 aliphatic carbocycles. The molecule has 0 amide bonds. The van der Waals surface area contributed by atoms with Gasteiger partial charge in [0.05, 0.1) is 5.01 Å². The van der Waals surface area contributed by atoms with Crippen LogP contribution in [0.5, 0.6) is 11.5 Å². The molecule has 0 radical (unpaired) electrons. The molecule has 1 aliphatic rings. The van der Waals surface area contributed by atoms with Crippen LogP contribution in [0.15, 0.2) is 23.6 Å². The molecule has 0 spiro atoms. The maximum atomic E-state index is 5.65. The Morgan fingerprint density at radius 1 is 1.30 bits per heavy atom. The monoisotopic (exact) mass is 290 g/mol. The van der Waals surface area contributed by atoms with Crippen molar-refractivity contribution in [2.75, 3.05) is 20.3 Å². The number of ether oxygens (including phenoxy) is 2. The molecule has 5 heteroatoms. The van der Waals surface area contributed by atoms with Crippen LogP contribution in [0.1, 0.15) is 22.3 Å². The summed E-state index contributed by atoms with van der Waals surface area (Å²) in [5.41, 5.74) is 2.28. The molecule has 0 saturated carbocycles. The van der Waals surface area contributed by atoms with Crippen molar-refractivity contribution in [2.45, 2.75) is 19.4 Å². The highest BCUT2D eigenvalue weighted by molar-refractivity contribution is 7.09. The van der Waals surface area contributed by atoms with E-state index in [9.17, 15) is 0 Å². The Hall–Kier alpha value is -1.59. The second-order valence-corrected chi connectivity index (χ2v) is 5.77. The maximum absolute atomic E-state index is 5.65. The van der Waals surface area contributed by atoms with Crippen molar-refractivity contribution < 1.29 is 9.47 Å². The van der Waals surface area contributed by atoms with Crippen molar-refractivity contribution in [3.63, 3.8) is 0 Å². The number of nitrogens with one attached hydrogen (secondary N) is 1. The second-order valence-electron chi connectivity index (χ2n) is 4.83. The fourth-order valence-electron chi connectivity index (χ4n) is 2.33. The predicted octanol–water partition coefficient (Wildman–Crippen LogP) is 2.73. The first-order valence-electron chi connectivity index (χ1n) is 6.74. The van der Waals surface area contributed by atoms with Gasteiger partial charge in [-0.3, -0.25) is 0 Å². The van der Waals surface area contributed by atoms with Gasteiger partial charge in [-0.25, -0.2) is 4.98 Å². The zero-order chi connectivity index (χ0) is 13.9. The highest BCUT2D eigenvalue weighted by Crippen LogP contribution is 2.33. The SMILES string of the molecule is CNC(Cc1nc(C)cs1)c1ccc2c(c1)OCCO2. The molecule has 2 heterocycles. The van der Waals surface area contributed by atoms with Gasteiger partial charge in [-0.15, -0.1) is 11.3 Å². The molecule has 0 fully saturated rings. The van der Waals surface area contributed by atoms with Gasteiger partial charge in [0.15, 0.2) is 11.5 Å². The normalized spacial score (nSPS) is 15.1. The van der Waals surface area contributed by atoms with Crippen LogP contribution in [0.3, 0.4) is 0 Å². The number of nitrogens with zero attached hydrogens (tertiary/aromatic N) is 1. The molecule has 106 valence electrons. The lowest BCUT2D eigenvalue weighted by Crippen LogP contribution is -2.20. The first-order valence-corrected chi connectivity index (χ1v) is 7.62. The Kier molecular flexibility index (Phi) is 3.89. The minimum atomic E-state index is 0.233. The standard InChI is InChI=1S/C15H18N2O2S/c1-10-9-20-15(17-10)8-12(16-2)11-3-4-13-14(7-11)19-6-5-18-13/h3-4,7,9,12,16H,5-6,8H2,1-2H3. The third-order valence-corrected chi connectivity index (χ3v) is 4.35. The quantitative estimate of drug-likeness (QED) is 0.940. The van der Waals surface area contributed by atoms with E-state index in [2.05, 4.69) is 27.8 Å². The van der Waals surface area contributed by atoms with Crippen LogP contribution in [0.25, 0.3) is 0 Å². The second kappa shape index (κ2) is 5.81. The lowest BCUT2D eigenvalue weighted by Gasteiger charge is -2.21. The van der Waals surface area contributed by atoms with Crippen molar-refractivity contribution in [3.05, 3.63) is 39.8 Å². The minimum absolute atomic E-state index is 0.233. The average molecular weight is 290 g/mol. The van der Waals surface area contributed by atoms with Crippen molar-refractivity contribution in [1.29, 1.82) is 0 Å². The molecule has 1 N–H and O–H groups in total. The van der Waals surface area contributed by atoms with Crippen molar-refractivity contribution >= 4 is 11.3 Å². The summed E-state index contributed by atoms with van der Waals surface area (Å²) in [6.07, 6.45) is 0.884. The van der Waals surface area contributed by atoms with E-state index in [1.807, 2.05) is 20.0 Å². The van der Waals surface area contributed by atoms with E-state index in [1.165, 1.54) is 5.56 Å². The highest BCUT2D eigenvalue weighted by Gasteiger charge is 2.17. The lowest BCUT2D eigenvalue weighted by molar-refractivity contribution is 0.171. The van der Waals surface area contributed by atoms with E-state index in [1.54, 1.807) is 11.3 Å². The number of fused-ring (bicyclic) bond motifs is 1. The van der Waals surface area contributed by atoms with E-state index in [0.717, 1.165) is 28.6 Å². The van der Waals surface area contributed by atoms with Gasteiger partial charge in [-0.2, -0.15) is 0 Å². The zero-order valence-corrected chi connectivity index (χ0v) is 12.5. The van der Waals surface area contributed by atoms with Gasteiger partial charge < -0.3 is 14.8 Å². The molecule has 4 nitrogen and oxygen atoms in total. The largest absolute Gasteiger partial charge is 0.486 e. The van der Waals surface area contributed by atoms with Crippen molar-refractivity contribution in [1.82, 2.24) is 10.3 Å². The Morgan fingerprint density at radius 3 is 2.80 bits per heavy atom. The number of hydrogen-bond donors (Lipinski definition) is 1. The number of hydrogen-bond acceptors (Lipinski definition) is 5. The van der Waals surface area contributed by atoms with Gasteiger partial charge in [0.2, 0.25) is 0 Å². The van der Waals surface area contributed by atoms with Gasteiger partial charge in [-0.1, -0.05) is 6.07 Å². The number of benzene rings is 1. The topological polar surface area (TPSA) is 43.4 Å². The van der Waals surface area contributed by atoms with Crippen LogP contribution >= 0.6 is 11.3 Å². The average Bonchev–Trinajstić information content (AvgIpc) is 2.89. The van der Waals surface area contributed by atoms with E-state index < -0.39 is 0 Å². The van der Waals surface area contributed by atoms with Crippen LogP contribution in [-0.4, -0.2) is 25.2 Å². The minimum Gasteiger partial charge on any atom is -0.486 e. The van der Waals surface area contributed by atoms with Crippen LogP contribution < -0.4 is 14.8 Å². The van der Waals surface area contributed by atoms with E-state index in [-0.39, 0.29) is 6.04 Å². The van der Waals surface area contributed by atoms with E-state index in [4.69, 9.17) is 9.47 Å². The van der Waals surface area contributed by atoms with Gasteiger partial charge in [0, 0.05) is 23.5 Å². The molecule has 2 aromatic rings. The molecule has 0 saturated heterocycles. The number of aromatic nitrogens is 1. The number of rotatable bonds is 4. The van der Waals surface area contributed by atoms with Crippen molar-refractivity contribution in [3.8, 4) is 11.5 Å². The fraction of sp³-hybridized carbons (Fsp3) is 0.400. The Labute approximate surface area is 122 Å². The number of aryl methyl sites for hydroxylation is 1. The first kappa shape index (κ1) is 13.4.